The summed E-state index contributed by atoms with van der Waals surface area (Å²) in [5.74, 6) is 0. The first-order valence-corrected chi connectivity index (χ1v) is 2.31. The zero-order valence-corrected chi connectivity index (χ0v) is 4.31. The third-order valence-corrected chi connectivity index (χ3v) is 0. The first-order chi connectivity index (χ1) is 2.00. The molecule has 0 aromatic rings. The molecule has 0 heterocycles. The minimum Gasteiger partial charge on any atom is -0.333 e. The van der Waals surface area contributed by atoms with Crippen molar-refractivity contribution in [3.05, 3.63) is 0 Å². The summed E-state index contributed by atoms with van der Waals surface area (Å²) in [7, 11) is 3.92. The molecule has 0 amide bonds. The topological polar surface area (TPSA) is 26.0 Å². The van der Waals surface area contributed by atoms with Crippen LogP contribution < -0.4 is 5.73 Å². The van der Waals surface area contributed by atoms with Gasteiger partial charge in [0.1, 0.15) is 0 Å². The molecule has 28 valence electrons. The van der Waals surface area contributed by atoms with Crippen molar-refractivity contribution in [3.8, 4) is 0 Å². The zero-order chi connectivity index (χ0) is 4.00. The van der Waals surface area contributed by atoms with Crippen LogP contribution in [0.15, 0.2) is 0 Å². The molecule has 2 heteroatoms. The molecule has 4 heavy (non-hydrogen) atoms. The Morgan fingerprint density at radius 1 is 1.25 bits per heavy atom. The van der Waals surface area contributed by atoms with Gasteiger partial charge in [0.2, 0.25) is 0 Å². The van der Waals surface area contributed by atoms with Crippen LogP contribution >= 0.6 is 9.24 Å². The fourth-order valence-electron chi connectivity index (χ4n) is 0. The Kier molecular flexibility index (Phi) is 281. The first-order valence-electron chi connectivity index (χ1n) is 1.15. The fraction of sp³-hybridized carbons (Fsp3) is 1.00. The molecule has 0 rings (SSSR count). The third kappa shape index (κ3) is 30.4. The molecule has 0 saturated carbocycles. The van der Waals surface area contributed by atoms with Gasteiger partial charge in [0.15, 0.2) is 0 Å². The lowest BCUT2D eigenvalue weighted by molar-refractivity contribution is 1.48. The van der Waals surface area contributed by atoms with Gasteiger partial charge < -0.3 is 5.73 Å². The summed E-state index contributed by atoms with van der Waals surface area (Å²) in [6.07, 6.45) is 0. The van der Waals surface area contributed by atoms with Crippen LogP contribution in [0.5, 0.6) is 0 Å². The predicted molar refractivity (Wildman–Crippen MR) is 25.7 cm³/mol. The van der Waals surface area contributed by atoms with Gasteiger partial charge in [-0.3, -0.25) is 0 Å². The molecule has 1 unspecified atom stereocenters. The molecule has 0 saturated heterocycles. The number of nitrogens with two attached hydrogens (primary N) is 1. The highest BCUT2D eigenvalue weighted by atomic mass is 31.0. The van der Waals surface area contributed by atoms with Crippen LogP contribution in [0.3, 0.4) is 0 Å². The Labute approximate surface area is 29.8 Å². The van der Waals surface area contributed by atoms with E-state index in [1.165, 1.54) is 7.05 Å². The van der Waals surface area contributed by atoms with Crippen LogP contribution in [-0.2, 0) is 0 Å². The molecule has 2 N–H and O–H groups in total. The van der Waals surface area contributed by atoms with E-state index in [1.807, 2.05) is 6.66 Å². The molecule has 0 aliphatic rings. The van der Waals surface area contributed by atoms with E-state index in [0.29, 0.717) is 0 Å². The van der Waals surface area contributed by atoms with E-state index in [4.69, 9.17) is 0 Å². The van der Waals surface area contributed by atoms with Crippen molar-refractivity contribution in [1.82, 2.24) is 0 Å². The number of hydrogen-bond donors (Lipinski definition) is 1. The second-order valence-electron chi connectivity index (χ2n) is 0. The maximum Gasteiger partial charge on any atom is -0.0195 e. The van der Waals surface area contributed by atoms with Crippen LogP contribution in [0.25, 0.3) is 0 Å². The van der Waals surface area contributed by atoms with Crippen LogP contribution in [0.4, 0.5) is 0 Å². The lowest BCUT2D eigenvalue weighted by Gasteiger charge is -1.19. The smallest absolute Gasteiger partial charge is 0.0195 e. The minimum absolute atomic E-state index is 1.50. The van der Waals surface area contributed by atoms with Gasteiger partial charge in [-0.05, 0) is 7.05 Å². The summed E-state index contributed by atoms with van der Waals surface area (Å²) >= 11 is 0. The normalized spacial score (nSPS) is 3.00. The summed E-state index contributed by atoms with van der Waals surface area (Å²) in [6.45, 7) is 1.92. The van der Waals surface area contributed by atoms with Gasteiger partial charge in [0, 0.05) is 0 Å². The predicted octanol–water partition coefficient (Wildman–Crippen LogP) is 0.0662. The molecule has 1 atom stereocenters. The summed E-state index contributed by atoms with van der Waals surface area (Å²) < 4.78 is 0. The molecule has 0 bridgehead atoms. The Balaban J connectivity index is 0. The molecule has 0 aliphatic heterocycles. The monoisotopic (exact) mass is 79.1 g/mol. The van der Waals surface area contributed by atoms with Crippen molar-refractivity contribution in [2.45, 2.75) is 0 Å². The lowest BCUT2D eigenvalue weighted by atomic mass is 11.6. The standard InChI is InChI=1S/CH5N.CH5P/c2*1-2/h2*2H2,1H3. The molecule has 0 fully saturated rings. The first kappa shape index (κ1) is 8.83. The molecule has 0 radical (unpaired) electrons. The van der Waals surface area contributed by atoms with Crippen LogP contribution in [0.2, 0.25) is 0 Å². The molecular formula is C2H10NP. The minimum atomic E-state index is 1.50. The lowest BCUT2D eigenvalue weighted by Crippen LogP contribution is -1.69. The van der Waals surface area contributed by atoms with E-state index >= 15 is 0 Å². The van der Waals surface area contributed by atoms with Gasteiger partial charge >= 0.3 is 0 Å². The van der Waals surface area contributed by atoms with E-state index in [0.717, 1.165) is 0 Å². The quantitative estimate of drug-likeness (QED) is 0.408. The van der Waals surface area contributed by atoms with Crippen molar-refractivity contribution in [3.63, 3.8) is 0 Å². The second kappa shape index (κ2) is 127. The highest BCUT2D eigenvalue weighted by Crippen LogP contribution is 1.46. The largest absolute Gasteiger partial charge is 0.333 e. The summed E-state index contributed by atoms with van der Waals surface area (Å²) in [5.41, 5.74) is 4.50. The fourth-order valence-corrected chi connectivity index (χ4v) is 0. The van der Waals surface area contributed by atoms with E-state index in [-0.39, 0.29) is 0 Å². The average molecular weight is 79.1 g/mol. The number of hydrogen-bond acceptors (Lipinski definition) is 1. The van der Waals surface area contributed by atoms with E-state index < -0.39 is 0 Å². The maximum absolute atomic E-state index is 4.50. The van der Waals surface area contributed by atoms with Gasteiger partial charge in [-0.1, -0.05) is 6.66 Å². The van der Waals surface area contributed by atoms with Crippen LogP contribution in [0.1, 0.15) is 0 Å². The molecule has 1 nitrogen and oxygen atoms in total. The highest BCUT2D eigenvalue weighted by molar-refractivity contribution is 7.15. The Morgan fingerprint density at radius 2 is 1.25 bits per heavy atom. The van der Waals surface area contributed by atoms with Gasteiger partial charge in [-0.25, -0.2) is 0 Å². The van der Waals surface area contributed by atoms with Crippen molar-refractivity contribution < 1.29 is 0 Å². The Morgan fingerprint density at radius 3 is 1.25 bits per heavy atom. The third-order valence-electron chi connectivity index (χ3n) is 0. The SMILES string of the molecule is CN.CP. The van der Waals surface area contributed by atoms with E-state index in [9.17, 15) is 0 Å². The zero-order valence-electron chi connectivity index (χ0n) is 3.15. The molecule has 0 aromatic heterocycles. The average Bonchev–Trinajstić information content (AvgIpc) is 1.50. The van der Waals surface area contributed by atoms with Crippen molar-refractivity contribution in [2.75, 3.05) is 13.7 Å². The molecule has 0 aromatic carbocycles. The summed E-state index contributed by atoms with van der Waals surface area (Å²) in [5, 5.41) is 0. The highest BCUT2D eigenvalue weighted by Gasteiger charge is 0.906. The van der Waals surface area contributed by atoms with Gasteiger partial charge in [0.05, 0.1) is 0 Å². The molecule has 0 aliphatic carbocycles. The van der Waals surface area contributed by atoms with E-state index in [2.05, 4.69) is 15.0 Å². The summed E-state index contributed by atoms with van der Waals surface area (Å²) in [6, 6.07) is 0. The molecular weight excluding hydrogens is 69.0 g/mol. The van der Waals surface area contributed by atoms with Crippen LogP contribution in [-0.4, -0.2) is 13.7 Å². The maximum atomic E-state index is 4.50. The van der Waals surface area contributed by atoms with Crippen molar-refractivity contribution >= 4 is 9.24 Å². The Hall–Kier alpha value is 0.390. The van der Waals surface area contributed by atoms with Crippen LogP contribution in [0, 0.1) is 0 Å². The molecule has 0 spiro atoms. The summed E-state index contributed by atoms with van der Waals surface area (Å²) in [4.78, 5) is 0. The van der Waals surface area contributed by atoms with Gasteiger partial charge in [-0.15, -0.1) is 9.24 Å². The number of rotatable bonds is 0. The van der Waals surface area contributed by atoms with E-state index in [1.54, 1.807) is 0 Å². The second-order valence-corrected chi connectivity index (χ2v) is 0. The van der Waals surface area contributed by atoms with Gasteiger partial charge in [-0.2, -0.15) is 0 Å². The van der Waals surface area contributed by atoms with Crippen molar-refractivity contribution in [1.29, 1.82) is 0 Å². The Bertz CT molecular complexity index is 6.00. The van der Waals surface area contributed by atoms with Crippen molar-refractivity contribution in [2.24, 2.45) is 5.73 Å². The van der Waals surface area contributed by atoms with Gasteiger partial charge in [0.25, 0.3) is 0 Å².